The van der Waals surface area contributed by atoms with E-state index in [4.69, 9.17) is 16.3 Å². The molecule has 8 heteroatoms. The van der Waals surface area contributed by atoms with E-state index in [1.54, 1.807) is 13.2 Å². The minimum absolute atomic E-state index is 0.126. The van der Waals surface area contributed by atoms with Crippen molar-refractivity contribution in [2.75, 3.05) is 32.2 Å². The molecule has 0 aliphatic rings. The fourth-order valence-corrected chi connectivity index (χ4v) is 1.97. The Balaban J connectivity index is 2.17. The van der Waals surface area contributed by atoms with E-state index >= 15 is 0 Å². The van der Waals surface area contributed by atoms with E-state index in [9.17, 15) is 4.79 Å². The van der Waals surface area contributed by atoms with Gasteiger partial charge in [0.05, 0.1) is 12.0 Å². The van der Waals surface area contributed by atoms with Crippen LogP contribution in [0.3, 0.4) is 0 Å². The standard InChI is InChI=1S/C10H14ClN5O2/c1-15(4-7(11)5-18-2)8-3-9-13-14-10(17)16(9)6-12-8/h3,6-7H,4-5H2,1-2H3,(H,14,17). The molecule has 2 rings (SSSR count). The Morgan fingerprint density at radius 3 is 3.17 bits per heavy atom. The van der Waals surface area contributed by atoms with Crippen LogP contribution in [0.15, 0.2) is 17.2 Å². The Labute approximate surface area is 108 Å². The molecule has 0 amide bonds. The number of nitrogens with zero attached hydrogens (tertiary/aromatic N) is 4. The average molecular weight is 272 g/mol. The summed E-state index contributed by atoms with van der Waals surface area (Å²) in [5.74, 6) is 0.697. The predicted octanol–water partition coefficient (Wildman–Crippen LogP) is 0.108. The molecule has 0 saturated carbocycles. The number of fused-ring (bicyclic) bond motifs is 1. The molecule has 0 fully saturated rings. The van der Waals surface area contributed by atoms with Crippen molar-refractivity contribution < 1.29 is 4.74 Å². The molecule has 2 aromatic rings. The number of anilines is 1. The van der Waals surface area contributed by atoms with Crippen molar-refractivity contribution in [3.8, 4) is 0 Å². The van der Waals surface area contributed by atoms with Crippen LogP contribution in [0.5, 0.6) is 0 Å². The molecule has 0 spiro atoms. The summed E-state index contributed by atoms with van der Waals surface area (Å²) in [7, 11) is 3.48. The summed E-state index contributed by atoms with van der Waals surface area (Å²) in [6.07, 6.45) is 1.44. The first kappa shape index (κ1) is 12.8. The fraction of sp³-hybridized carbons (Fsp3) is 0.500. The smallest absolute Gasteiger partial charge is 0.348 e. The molecule has 2 heterocycles. The molecule has 7 nitrogen and oxygen atoms in total. The van der Waals surface area contributed by atoms with Gasteiger partial charge in [0.2, 0.25) is 0 Å². The number of methoxy groups -OCH3 is 1. The summed E-state index contributed by atoms with van der Waals surface area (Å²) in [5.41, 5.74) is 0.219. The number of halogens is 1. The van der Waals surface area contributed by atoms with Gasteiger partial charge in [-0.25, -0.2) is 19.3 Å². The zero-order valence-corrected chi connectivity index (χ0v) is 10.9. The summed E-state index contributed by atoms with van der Waals surface area (Å²) in [6.45, 7) is 1.06. The van der Waals surface area contributed by atoms with Gasteiger partial charge in [-0.05, 0) is 0 Å². The van der Waals surface area contributed by atoms with E-state index in [2.05, 4.69) is 15.2 Å². The van der Waals surface area contributed by atoms with Crippen LogP contribution in [0.25, 0.3) is 5.65 Å². The SMILES string of the molecule is COCC(Cl)CN(C)c1cc2n[nH]c(=O)n2cn1. The van der Waals surface area contributed by atoms with Crippen LogP contribution in [0.1, 0.15) is 0 Å². The van der Waals surface area contributed by atoms with Gasteiger partial charge in [0.1, 0.15) is 12.1 Å². The predicted molar refractivity (Wildman–Crippen MR) is 68.4 cm³/mol. The average Bonchev–Trinajstić information content (AvgIpc) is 2.71. The topological polar surface area (TPSA) is 75.5 Å². The van der Waals surface area contributed by atoms with Crippen LogP contribution in [0.4, 0.5) is 5.82 Å². The Bertz CT molecular complexity index is 581. The zero-order chi connectivity index (χ0) is 13.1. The molecule has 1 unspecified atom stereocenters. The van der Waals surface area contributed by atoms with Gasteiger partial charge in [-0.2, -0.15) is 5.10 Å². The normalized spacial score (nSPS) is 12.8. The van der Waals surface area contributed by atoms with Crippen molar-refractivity contribution in [1.82, 2.24) is 19.6 Å². The molecule has 0 saturated heterocycles. The summed E-state index contributed by atoms with van der Waals surface area (Å²) >= 11 is 6.08. The monoisotopic (exact) mass is 271 g/mol. The van der Waals surface area contributed by atoms with Crippen LogP contribution < -0.4 is 10.6 Å². The van der Waals surface area contributed by atoms with Crippen LogP contribution in [0, 0.1) is 0 Å². The van der Waals surface area contributed by atoms with Gasteiger partial charge in [0.25, 0.3) is 0 Å². The minimum Gasteiger partial charge on any atom is -0.383 e. The van der Waals surface area contributed by atoms with Gasteiger partial charge < -0.3 is 9.64 Å². The maximum absolute atomic E-state index is 11.3. The molecular formula is C10H14ClN5O2. The first-order valence-electron chi connectivity index (χ1n) is 5.38. The molecule has 18 heavy (non-hydrogen) atoms. The highest BCUT2D eigenvalue weighted by Crippen LogP contribution is 2.11. The van der Waals surface area contributed by atoms with E-state index in [1.165, 1.54) is 10.7 Å². The second-order valence-electron chi connectivity index (χ2n) is 3.94. The van der Waals surface area contributed by atoms with Crippen LogP contribution in [-0.2, 0) is 4.74 Å². The van der Waals surface area contributed by atoms with Gasteiger partial charge in [-0.15, -0.1) is 11.6 Å². The zero-order valence-electron chi connectivity index (χ0n) is 10.1. The maximum atomic E-state index is 11.3. The lowest BCUT2D eigenvalue weighted by atomic mass is 10.4. The largest absolute Gasteiger partial charge is 0.383 e. The number of rotatable bonds is 5. The lowest BCUT2D eigenvalue weighted by Crippen LogP contribution is -2.29. The summed E-state index contributed by atoms with van der Waals surface area (Å²) in [5, 5.41) is 6.11. The van der Waals surface area contributed by atoms with Crippen molar-refractivity contribution in [3.63, 3.8) is 0 Å². The highest BCUT2D eigenvalue weighted by atomic mass is 35.5. The number of H-pyrrole nitrogens is 1. The number of alkyl halides is 1. The van der Waals surface area contributed by atoms with E-state index < -0.39 is 0 Å². The first-order valence-corrected chi connectivity index (χ1v) is 5.82. The highest BCUT2D eigenvalue weighted by molar-refractivity contribution is 6.21. The van der Waals surface area contributed by atoms with Crippen molar-refractivity contribution in [2.45, 2.75) is 5.38 Å². The van der Waals surface area contributed by atoms with Gasteiger partial charge in [-0.3, -0.25) is 0 Å². The van der Waals surface area contributed by atoms with E-state index in [1.807, 2.05) is 11.9 Å². The van der Waals surface area contributed by atoms with Crippen molar-refractivity contribution in [3.05, 3.63) is 22.9 Å². The van der Waals surface area contributed by atoms with Crippen LogP contribution >= 0.6 is 11.6 Å². The molecule has 0 aromatic carbocycles. The van der Waals surface area contributed by atoms with Crippen LogP contribution in [0.2, 0.25) is 0 Å². The van der Waals surface area contributed by atoms with Crippen LogP contribution in [-0.4, -0.2) is 52.3 Å². The molecule has 2 aromatic heterocycles. The quantitative estimate of drug-likeness (QED) is 0.781. The second-order valence-corrected chi connectivity index (χ2v) is 4.55. The Morgan fingerprint density at radius 1 is 1.67 bits per heavy atom. The number of aromatic amines is 1. The number of ether oxygens (including phenoxy) is 1. The van der Waals surface area contributed by atoms with Crippen molar-refractivity contribution in [2.24, 2.45) is 0 Å². The Morgan fingerprint density at radius 2 is 2.44 bits per heavy atom. The second kappa shape index (κ2) is 5.36. The van der Waals surface area contributed by atoms with E-state index in [0.717, 1.165) is 0 Å². The summed E-state index contributed by atoms with van der Waals surface area (Å²) in [6, 6.07) is 1.72. The number of nitrogens with one attached hydrogen (secondary N) is 1. The number of hydrogen-bond acceptors (Lipinski definition) is 5. The van der Waals surface area contributed by atoms with Crippen molar-refractivity contribution >= 4 is 23.1 Å². The molecule has 0 aliphatic carbocycles. The summed E-state index contributed by atoms with van der Waals surface area (Å²) in [4.78, 5) is 17.3. The first-order chi connectivity index (χ1) is 8.61. The van der Waals surface area contributed by atoms with Crippen molar-refractivity contribution in [1.29, 1.82) is 0 Å². The van der Waals surface area contributed by atoms with Gasteiger partial charge >= 0.3 is 5.69 Å². The number of hydrogen-bond donors (Lipinski definition) is 1. The van der Waals surface area contributed by atoms with Gasteiger partial charge in [0, 0.05) is 26.8 Å². The number of aromatic nitrogens is 4. The molecule has 1 N–H and O–H groups in total. The van der Waals surface area contributed by atoms with Gasteiger partial charge in [-0.1, -0.05) is 0 Å². The lowest BCUT2D eigenvalue weighted by molar-refractivity contribution is 0.199. The highest BCUT2D eigenvalue weighted by Gasteiger charge is 2.11. The molecule has 98 valence electrons. The van der Waals surface area contributed by atoms with E-state index in [0.29, 0.717) is 24.6 Å². The Hall–Kier alpha value is -1.60. The minimum atomic E-state index is -0.304. The Kier molecular flexibility index (Phi) is 3.83. The molecule has 0 bridgehead atoms. The molecular weight excluding hydrogens is 258 g/mol. The third-order valence-electron chi connectivity index (χ3n) is 2.51. The maximum Gasteiger partial charge on any atom is 0.348 e. The fourth-order valence-electron chi connectivity index (χ4n) is 1.63. The third kappa shape index (κ3) is 2.62. The third-order valence-corrected chi connectivity index (χ3v) is 2.77. The molecule has 0 aliphatic heterocycles. The van der Waals surface area contributed by atoms with E-state index in [-0.39, 0.29) is 11.1 Å². The molecule has 0 radical (unpaired) electrons. The molecule has 1 atom stereocenters. The summed E-state index contributed by atoms with van der Waals surface area (Å²) < 4.78 is 6.31. The lowest BCUT2D eigenvalue weighted by Gasteiger charge is -2.20. The van der Waals surface area contributed by atoms with Gasteiger partial charge in [0.15, 0.2) is 5.65 Å².